The normalized spacial score (nSPS) is 18.8. The fraction of sp³-hybridized carbons (Fsp3) is 0.478. The Balaban J connectivity index is 1.35. The van der Waals surface area contributed by atoms with Gasteiger partial charge in [-0.2, -0.15) is 5.10 Å². The maximum absolute atomic E-state index is 12.8. The quantitative estimate of drug-likeness (QED) is 0.698. The fourth-order valence-corrected chi connectivity index (χ4v) is 4.66. The molecule has 8 heteroatoms. The van der Waals surface area contributed by atoms with Gasteiger partial charge in [-0.15, -0.1) is 0 Å². The van der Waals surface area contributed by atoms with Crippen LogP contribution >= 0.6 is 0 Å². The van der Waals surface area contributed by atoms with E-state index in [1.54, 1.807) is 6.20 Å². The van der Waals surface area contributed by atoms with Gasteiger partial charge in [-0.3, -0.25) is 14.5 Å². The lowest BCUT2D eigenvalue weighted by atomic mass is 9.82. The Kier molecular flexibility index (Phi) is 5.80. The van der Waals surface area contributed by atoms with E-state index in [0.717, 1.165) is 36.2 Å². The Morgan fingerprint density at radius 3 is 2.61 bits per heavy atom. The van der Waals surface area contributed by atoms with E-state index in [2.05, 4.69) is 15.7 Å². The van der Waals surface area contributed by atoms with Gasteiger partial charge in [-0.1, -0.05) is 37.5 Å². The first-order valence-corrected chi connectivity index (χ1v) is 10.9. The summed E-state index contributed by atoms with van der Waals surface area (Å²) in [5.74, 6) is -0.386. The number of carbonyl (C=O) groups excluding carboxylic acids is 3. The van der Waals surface area contributed by atoms with Crippen molar-refractivity contribution in [3.8, 4) is 5.69 Å². The molecule has 2 aromatic rings. The molecule has 1 saturated heterocycles. The number of amides is 4. The number of nitrogens with one attached hydrogen (secondary N) is 2. The predicted molar refractivity (Wildman–Crippen MR) is 116 cm³/mol. The largest absolute Gasteiger partial charge is 0.349 e. The van der Waals surface area contributed by atoms with Gasteiger partial charge in [0.2, 0.25) is 5.91 Å². The topological polar surface area (TPSA) is 96.3 Å². The highest BCUT2D eigenvalue weighted by molar-refractivity contribution is 6.07. The molecule has 1 spiro atoms. The number of hydrogen-bond donors (Lipinski definition) is 2. The zero-order valence-electron chi connectivity index (χ0n) is 18.1. The van der Waals surface area contributed by atoms with Gasteiger partial charge >= 0.3 is 6.03 Å². The van der Waals surface area contributed by atoms with Crippen LogP contribution in [-0.4, -0.2) is 44.6 Å². The summed E-state index contributed by atoms with van der Waals surface area (Å²) in [5.41, 5.74) is 2.09. The molecule has 1 aliphatic carbocycles. The smallest absolute Gasteiger partial charge is 0.325 e. The highest BCUT2D eigenvalue weighted by atomic mass is 16.2. The van der Waals surface area contributed by atoms with Crippen molar-refractivity contribution in [1.29, 1.82) is 0 Å². The second-order valence-electron chi connectivity index (χ2n) is 8.50. The SMILES string of the molecule is Cc1c(C(C)NC(=O)CCN2C(=O)NC3(CCCCC3)C2=O)cnn1-c1ccccc1. The van der Waals surface area contributed by atoms with Gasteiger partial charge in [-0.05, 0) is 38.8 Å². The molecule has 1 aromatic heterocycles. The summed E-state index contributed by atoms with van der Waals surface area (Å²) in [4.78, 5) is 38.9. The van der Waals surface area contributed by atoms with Gasteiger partial charge < -0.3 is 10.6 Å². The highest BCUT2D eigenvalue weighted by Gasteiger charge is 2.51. The summed E-state index contributed by atoms with van der Waals surface area (Å²) < 4.78 is 1.84. The molecular formula is C23H29N5O3. The van der Waals surface area contributed by atoms with E-state index in [1.807, 2.05) is 48.9 Å². The lowest BCUT2D eigenvalue weighted by molar-refractivity contribution is -0.132. The van der Waals surface area contributed by atoms with E-state index in [-0.39, 0.29) is 36.9 Å². The van der Waals surface area contributed by atoms with Crippen LogP contribution in [0.5, 0.6) is 0 Å². The number of nitrogens with zero attached hydrogens (tertiary/aromatic N) is 3. The molecule has 0 radical (unpaired) electrons. The van der Waals surface area contributed by atoms with E-state index in [1.165, 1.54) is 4.90 Å². The zero-order valence-corrected chi connectivity index (χ0v) is 18.1. The van der Waals surface area contributed by atoms with E-state index in [4.69, 9.17) is 0 Å². The van der Waals surface area contributed by atoms with E-state index < -0.39 is 5.54 Å². The minimum absolute atomic E-state index is 0.0749. The van der Waals surface area contributed by atoms with Crippen molar-refractivity contribution in [3.63, 3.8) is 0 Å². The van der Waals surface area contributed by atoms with Crippen LogP contribution < -0.4 is 10.6 Å². The molecular weight excluding hydrogens is 394 g/mol. The van der Waals surface area contributed by atoms with Crippen molar-refractivity contribution in [2.45, 2.75) is 64.0 Å². The predicted octanol–water partition coefficient (Wildman–Crippen LogP) is 3.00. The fourth-order valence-electron chi connectivity index (χ4n) is 4.66. The Morgan fingerprint density at radius 2 is 1.90 bits per heavy atom. The van der Waals surface area contributed by atoms with Gasteiger partial charge in [0.15, 0.2) is 0 Å². The summed E-state index contributed by atoms with van der Waals surface area (Å²) >= 11 is 0. The number of carbonyl (C=O) groups is 3. The van der Waals surface area contributed by atoms with Gasteiger partial charge in [0.25, 0.3) is 5.91 Å². The molecule has 1 unspecified atom stereocenters. The van der Waals surface area contributed by atoms with Gasteiger partial charge in [-0.25, -0.2) is 9.48 Å². The van der Waals surface area contributed by atoms with Crippen molar-refractivity contribution in [3.05, 3.63) is 47.8 Å². The van der Waals surface area contributed by atoms with Crippen LogP contribution in [0.15, 0.2) is 36.5 Å². The first kappa shape index (κ1) is 21.1. The van der Waals surface area contributed by atoms with Crippen LogP contribution in [0.3, 0.4) is 0 Å². The maximum Gasteiger partial charge on any atom is 0.325 e. The lowest BCUT2D eigenvalue weighted by Crippen LogP contribution is -2.48. The maximum atomic E-state index is 12.8. The van der Waals surface area contributed by atoms with Crippen LogP contribution in [-0.2, 0) is 9.59 Å². The molecule has 2 aliphatic rings. The van der Waals surface area contributed by atoms with E-state index >= 15 is 0 Å². The molecule has 2 N–H and O–H groups in total. The third-order valence-electron chi connectivity index (χ3n) is 6.41. The van der Waals surface area contributed by atoms with Crippen LogP contribution in [0.2, 0.25) is 0 Å². The number of rotatable bonds is 6. The average Bonchev–Trinajstić information content (AvgIpc) is 3.25. The molecule has 164 valence electrons. The molecule has 1 atom stereocenters. The monoisotopic (exact) mass is 423 g/mol. The first-order valence-electron chi connectivity index (χ1n) is 10.9. The van der Waals surface area contributed by atoms with Gasteiger partial charge in [0.1, 0.15) is 5.54 Å². The summed E-state index contributed by atoms with van der Waals surface area (Å²) in [7, 11) is 0. The second kappa shape index (κ2) is 8.53. The number of imide groups is 1. The Labute approximate surface area is 182 Å². The molecule has 4 amide bonds. The van der Waals surface area contributed by atoms with Crippen molar-refractivity contribution >= 4 is 17.8 Å². The Morgan fingerprint density at radius 1 is 1.19 bits per heavy atom. The summed E-state index contributed by atoms with van der Waals surface area (Å²) in [5, 5.41) is 10.3. The molecule has 2 heterocycles. The van der Waals surface area contributed by atoms with Gasteiger partial charge in [0.05, 0.1) is 17.9 Å². The average molecular weight is 424 g/mol. The molecule has 1 saturated carbocycles. The second-order valence-corrected chi connectivity index (χ2v) is 8.50. The molecule has 1 aliphatic heterocycles. The number of para-hydroxylation sites is 1. The summed E-state index contributed by atoms with van der Waals surface area (Å²) in [6.45, 7) is 3.96. The Bertz CT molecular complexity index is 978. The molecule has 1 aromatic carbocycles. The van der Waals surface area contributed by atoms with Crippen molar-refractivity contribution in [1.82, 2.24) is 25.3 Å². The van der Waals surface area contributed by atoms with Crippen molar-refractivity contribution in [2.75, 3.05) is 6.54 Å². The first-order chi connectivity index (χ1) is 14.9. The van der Waals surface area contributed by atoms with Crippen molar-refractivity contribution < 1.29 is 14.4 Å². The molecule has 0 bridgehead atoms. The van der Waals surface area contributed by atoms with Crippen LogP contribution in [0, 0.1) is 6.92 Å². The van der Waals surface area contributed by atoms with Crippen LogP contribution in [0.1, 0.15) is 62.7 Å². The number of urea groups is 1. The van der Waals surface area contributed by atoms with E-state index in [0.29, 0.717) is 12.8 Å². The highest BCUT2D eigenvalue weighted by Crippen LogP contribution is 2.33. The Hall–Kier alpha value is -3.16. The number of benzene rings is 1. The molecule has 31 heavy (non-hydrogen) atoms. The molecule has 8 nitrogen and oxygen atoms in total. The molecule has 4 rings (SSSR count). The molecule has 2 fully saturated rings. The van der Waals surface area contributed by atoms with Crippen LogP contribution in [0.25, 0.3) is 5.69 Å². The zero-order chi connectivity index (χ0) is 22.0. The summed E-state index contributed by atoms with van der Waals surface area (Å²) in [6.07, 6.45) is 6.17. The van der Waals surface area contributed by atoms with Crippen molar-refractivity contribution in [2.24, 2.45) is 0 Å². The number of aromatic nitrogens is 2. The standard InChI is InChI=1S/C23H29N5O3/c1-16(19-15-24-28(17(19)2)18-9-5-3-6-10-18)25-20(29)11-14-27-21(30)23(26-22(27)31)12-7-4-8-13-23/h3,5-6,9-10,15-16H,4,7-8,11-14H2,1-2H3,(H,25,29)(H,26,31). The summed E-state index contributed by atoms with van der Waals surface area (Å²) in [6, 6.07) is 9.19. The minimum atomic E-state index is -0.748. The number of hydrogen-bond acceptors (Lipinski definition) is 4. The minimum Gasteiger partial charge on any atom is -0.349 e. The van der Waals surface area contributed by atoms with Gasteiger partial charge in [0, 0.05) is 24.2 Å². The van der Waals surface area contributed by atoms with E-state index in [9.17, 15) is 14.4 Å². The third-order valence-corrected chi connectivity index (χ3v) is 6.41. The third kappa shape index (κ3) is 4.06. The van der Waals surface area contributed by atoms with Crippen LogP contribution in [0.4, 0.5) is 4.79 Å². The lowest BCUT2D eigenvalue weighted by Gasteiger charge is -2.30.